The highest BCUT2D eigenvalue weighted by atomic mass is 16.4. The summed E-state index contributed by atoms with van der Waals surface area (Å²) in [6.45, 7) is 2.61. The van der Waals surface area contributed by atoms with Gasteiger partial charge in [-0.15, -0.1) is 0 Å². The van der Waals surface area contributed by atoms with Gasteiger partial charge in [0.2, 0.25) is 5.91 Å². The molecule has 0 bridgehead atoms. The van der Waals surface area contributed by atoms with Gasteiger partial charge >= 0.3 is 5.97 Å². The Kier molecular flexibility index (Phi) is 4.42. The van der Waals surface area contributed by atoms with Gasteiger partial charge in [-0.25, -0.2) is 0 Å². The summed E-state index contributed by atoms with van der Waals surface area (Å²) in [7, 11) is 1.79. The van der Waals surface area contributed by atoms with Crippen LogP contribution in [0.3, 0.4) is 0 Å². The number of rotatable bonds is 4. The first kappa shape index (κ1) is 14.6. The van der Waals surface area contributed by atoms with E-state index in [4.69, 9.17) is 5.11 Å². The van der Waals surface area contributed by atoms with Crippen molar-refractivity contribution in [3.63, 3.8) is 0 Å². The molecule has 1 amide bonds. The van der Waals surface area contributed by atoms with Crippen molar-refractivity contribution in [2.75, 3.05) is 7.05 Å². The van der Waals surface area contributed by atoms with Gasteiger partial charge in [-0.05, 0) is 31.7 Å². The average molecular weight is 275 g/mol. The number of aliphatic carboxylic acids is 1. The van der Waals surface area contributed by atoms with Crippen molar-refractivity contribution in [3.8, 4) is 0 Å². The largest absolute Gasteiger partial charge is 0.481 e. The number of carbonyl (C=O) groups excluding carboxylic acids is 1. The first-order valence-corrected chi connectivity index (χ1v) is 7.00. The van der Waals surface area contributed by atoms with Crippen LogP contribution < -0.4 is 0 Å². The van der Waals surface area contributed by atoms with Crippen molar-refractivity contribution in [2.24, 2.45) is 11.8 Å². The molecule has 0 unspecified atom stereocenters. The van der Waals surface area contributed by atoms with Crippen LogP contribution in [0, 0.1) is 18.8 Å². The Bertz CT molecular complexity index is 495. The van der Waals surface area contributed by atoms with Crippen LogP contribution in [-0.2, 0) is 16.1 Å². The zero-order chi connectivity index (χ0) is 14.7. The van der Waals surface area contributed by atoms with Crippen molar-refractivity contribution in [2.45, 2.75) is 32.7 Å². The molecule has 1 aliphatic carbocycles. The summed E-state index contributed by atoms with van der Waals surface area (Å²) >= 11 is 0. The lowest BCUT2D eigenvalue weighted by atomic mass is 10.0. The lowest BCUT2D eigenvalue weighted by Gasteiger charge is -2.21. The van der Waals surface area contributed by atoms with Gasteiger partial charge in [-0.1, -0.05) is 29.8 Å². The van der Waals surface area contributed by atoms with Gasteiger partial charge in [0.15, 0.2) is 0 Å². The average Bonchev–Trinajstić information content (AvgIpc) is 2.90. The number of amides is 1. The van der Waals surface area contributed by atoms with Crippen LogP contribution in [0.5, 0.6) is 0 Å². The number of aryl methyl sites for hydroxylation is 1. The smallest absolute Gasteiger partial charge is 0.306 e. The van der Waals surface area contributed by atoms with Crippen molar-refractivity contribution >= 4 is 11.9 Å². The SMILES string of the molecule is Cc1ccc(CN(C)C(=O)[C@@H]2CC[C@H](C(=O)O)C2)cc1. The summed E-state index contributed by atoms with van der Waals surface area (Å²) in [4.78, 5) is 25.0. The standard InChI is InChI=1S/C16H21NO3/c1-11-3-5-12(6-4-11)10-17(2)15(18)13-7-8-14(9-13)16(19)20/h3-6,13-14H,7-10H2,1-2H3,(H,19,20)/t13-,14+/m1/s1. The van der Waals surface area contributed by atoms with Crippen molar-refractivity contribution in [3.05, 3.63) is 35.4 Å². The van der Waals surface area contributed by atoms with Crippen LogP contribution >= 0.6 is 0 Å². The Balaban J connectivity index is 1.92. The number of carboxylic acids is 1. The molecule has 1 fully saturated rings. The topological polar surface area (TPSA) is 57.6 Å². The Morgan fingerprint density at radius 2 is 1.80 bits per heavy atom. The van der Waals surface area contributed by atoms with E-state index in [9.17, 15) is 9.59 Å². The predicted octanol–water partition coefficient (Wildman–Crippen LogP) is 2.45. The van der Waals surface area contributed by atoms with Gasteiger partial charge in [0.25, 0.3) is 0 Å². The number of hydrogen-bond donors (Lipinski definition) is 1. The summed E-state index contributed by atoms with van der Waals surface area (Å²) in [5, 5.41) is 8.99. The molecule has 1 saturated carbocycles. The number of hydrogen-bond acceptors (Lipinski definition) is 2. The lowest BCUT2D eigenvalue weighted by Crippen LogP contribution is -2.31. The number of carboxylic acid groups (broad SMARTS) is 1. The molecule has 1 aromatic carbocycles. The molecule has 20 heavy (non-hydrogen) atoms. The van der Waals surface area contributed by atoms with E-state index in [-0.39, 0.29) is 17.7 Å². The quantitative estimate of drug-likeness (QED) is 0.918. The number of carbonyl (C=O) groups is 2. The fraction of sp³-hybridized carbons (Fsp3) is 0.500. The van der Waals surface area contributed by atoms with E-state index in [0.717, 1.165) is 5.56 Å². The van der Waals surface area contributed by atoms with Crippen LogP contribution in [0.15, 0.2) is 24.3 Å². The maximum atomic E-state index is 12.3. The Morgan fingerprint density at radius 3 is 2.35 bits per heavy atom. The molecule has 0 spiro atoms. The van der Waals surface area contributed by atoms with E-state index in [1.165, 1.54) is 5.56 Å². The van der Waals surface area contributed by atoms with E-state index in [0.29, 0.717) is 25.8 Å². The predicted molar refractivity (Wildman–Crippen MR) is 76.1 cm³/mol. The third kappa shape index (κ3) is 3.38. The normalized spacial score (nSPS) is 21.7. The molecule has 0 aromatic heterocycles. The highest BCUT2D eigenvalue weighted by Gasteiger charge is 2.35. The van der Waals surface area contributed by atoms with Crippen LogP contribution in [0.4, 0.5) is 0 Å². The minimum atomic E-state index is -0.776. The van der Waals surface area contributed by atoms with Crippen LogP contribution in [0.25, 0.3) is 0 Å². The summed E-state index contributed by atoms with van der Waals surface area (Å²) in [5.41, 5.74) is 2.29. The van der Waals surface area contributed by atoms with Gasteiger partial charge in [0.1, 0.15) is 0 Å². The molecule has 1 aromatic rings. The molecular formula is C16H21NO3. The van der Waals surface area contributed by atoms with Crippen molar-refractivity contribution < 1.29 is 14.7 Å². The highest BCUT2D eigenvalue weighted by molar-refractivity contribution is 5.80. The molecule has 0 aliphatic heterocycles. The van der Waals surface area contributed by atoms with E-state index < -0.39 is 5.97 Å². The van der Waals surface area contributed by atoms with Gasteiger partial charge < -0.3 is 10.0 Å². The molecule has 0 radical (unpaired) electrons. The second kappa shape index (κ2) is 6.07. The van der Waals surface area contributed by atoms with E-state index in [2.05, 4.69) is 0 Å². The Hall–Kier alpha value is -1.84. The van der Waals surface area contributed by atoms with Crippen molar-refractivity contribution in [1.29, 1.82) is 0 Å². The first-order chi connectivity index (χ1) is 9.47. The third-order valence-electron chi connectivity index (χ3n) is 4.05. The van der Waals surface area contributed by atoms with Gasteiger partial charge in [-0.3, -0.25) is 9.59 Å². The molecule has 1 N–H and O–H groups in total. The van der Waals surface area contributed by atoms with E-state index >= 15 is 0 Å². The van der Waals surface area contributed by atoms with E-state index in [1.807, 2.05) is 31.2 Å². The second-order valence-electron chi connectivity index (χ2n) is 5.73. The summed E-state index contributed by atoms with van der Waals surface area (Å²) < 4.78 is 0. The maximum absolute atomic E-state index is 12.3. The van der Waals surface area contributed by atoms with Gasteiger partial charge in [-0.2, -0.15) is 0 Å². The zero-order valence-corrected chi connectivity index (χ0v) is 12.0. The van der Waals surface area contributed by atoms with Gasteiger partial charge in [0.05, 0.1) is 5.92 Å². The van der Waals surface area contributed by atoms with Crippen molar-refractivity contribution in [1.82, 2.24) is 4.90 Å². The molecule has 0 saturated heterocycles. The molecule has 108 valence electrons. The molecule has 2 rings (SSSR count). The fourth-order valence-electron chi connectivity index (χ4n) is 2.79. The monoisotopic (exact) mass is 275 g/mol. The Labute approximate surface area is 119 Å². The third-order valence-corrected chi connectivity index (χ3v) is 4.05. The molecule has 4 heteroatoms. The number of benzene rings is 1. The first-order valence-electron chi connectivity index (χ1n) is 7.00. The summed E-state index contributed by atoms with van der Waals surface area (Å²) in [6.07, 6.45) is 1.78. The molecule has 2 atom stereocenters. The Morgan fingerprint density at radius 1 is 1.20 bits per heavy atom. The molecule has 0 heterocycles. The van der Waals surface area contributed by atoms with Crippen LogP contribution in [0.2, 0.25) is 0 Å². The van der Waals surface area contributed by atoms with Crippen LogP contribution in [0.1, 0.15) is 30.4 Å². The fourth-order valence-corrected chi connectivity index (χ4v) is 2.79. The summed E-state index contributed by atoms with van der Waals surface area (Å²) in [6, 6.07) is 8.11. The summed E-state index contributed by atoms with van der Waals surface area (Å²) in [5.74, 6) is -1.20. The van der Waals surface area contributed by atoms with E-state index in [1.54, 1.807) is 11.9 Å². The van der Waals surface area contributed by atoms with Gasteiger partial charge in [0, 0.05) is 19.5 Å². The zero-order valence-electron chi connectivity index (χ0n) is 12.0. The number of nitrogens with zero attached hydrogens (tertiary/aromatic N) is 1. The minimum absolute atomic E-state index is 0.0642. The lowest BCUT2D eigenvalue weighted by molar-refractivity contribution is -0.141. The molecule has 1 aliphatic rings. The minimum Gasteiger partial charge on any atom is -0.481 e. The molecular weight excluding hydrogens is 254 g/mol. The highest BCUT2D eigenvalue weighted by Crippen LogP contribution is 2.32. The maximum Gasteiger partial charge on any atom is 0.306 e. The molecule has 4 nitrogen and oxygen atoms in total. The second-order valence-corrected chi connectivity index (χ2v) is 5.73. The van der Waals surface area contributed by atoms with Crippen LogP contribution in [-0.4, -0.2) is 28.9 Å².